The highest BCUT2D eigenvalue weighted by molar-refractivity contribution is 7.91. The molecule has 2 unspecified atom stereocenters. The lowest BCUT2D eigenvalue weighted by molar-refractivity contribution is 0.117. The zero-order valence-electron chi connectivity index (χ0n) is 11.5. The van der Waals surface area contributed by atoms with Gasteiger partial charge in [-0.25, -0.2) is 8.42 Å². The summed E-state index contributed by atoms with van der Waals surface area (Å²) in [6.45, 7) is 3.88. The molecule has 4 nitrogen and oxygen atoms in total. The Labute approximate surface area is 114 Å². The minimum absolute atomic E-state index is 0.0602. The van der Waals surface area contributed by atoms with E-state index in [0.29, 0.717) is 12.2 Å². The summed E-state index contributed by atoms with van der Waals surface area (Å²) in [5, 5.41) is 10.5. The molecule has 1 aliphatic heterocycles. The van der Waals surface area contributed by atoms with E-state index in [4.69, 9.17) is 4.74 Å². The first kappa shape index (κ1) is 14.3. The van der Waals surface area contributed by atoms with Crippen molar-refractivity contribution >= 4 is 9.84 Å². The highest BCUT2D eigenvalue weighted by Gasteiger charge is 2.35. The number of ether oxygens (including phenoxy) is 1. The molecule has 1 aliphatic rings. The topological polar surface area (TPSA) is 63.6 Å². The van der Waals surface area contributed by atoms with Crippen molar-refractivity contribution in [1.82, 2.24) is 0 Å². The first-order chi connectivity index (χ1) is 8.84. The Hall–Kier alpha value is -1.07. The first-order valence-electron chi connectivity index (χ1n) is 6.37. The van der Waals surface area contributed by atoms with Crippen LogP contribution in [0.5, 0.6) is 5.75 Å². The van der Waals surface area contributed by atoms with Gasteiger partial charge in [0.2, 0.25) is 0 Å². The summed E-state index contributed by atoms with van der Waals surface area (Å²) < 4.78 is 28.4. The van der Waals surface area contributed by atoms with E-state index in [-0.39, 0.29) is 17.4 Å². The van der Waals surface area contributed by atoms with Gasteiger partial charge in [0.1, 0.15) is 5.75 Å². The average molecular weight is 284 g/mol. The van der Waals surface area contributed by atoms with Crippen LogP contribution in [0.4, 0.5) is 0 Å². The fraction of sp³-hybridized carbons (Fsp3) is 0.571. The molecule has 106 valence electrons. The van der Waals surface area contributed by atoms with Gasteiger partial charge in [-0.1, -0.05) is 6.07 Å². The van der Waals surface area contributed by atoms with Crippen LogP contribution in [0.1, 0.15) is 29.2 Å². The van der Waals surface area contributed by atoms with E-state index in [2.05, 4.69) is 0 Å². The molecule has 1 aromatic carbocycles. The van der Waals surface area contributed by atoms with Crippen molar-refractivity contribution in [2.24, 2.45) is 5.92 Å². The number of benzene rings is 1. The van der Waals surface area contributed by atoms with E-state index in [0.717, 1.165) is 16.7 Å². The lowest BCUT2D eigenvalue weighted by Gasteiger charge is -2.22. The van der Waals surface area contributed by atoms with Gasteiger partial charge >= 0.3 is 0 Å². The SMILES string of the molecule is COc1cc(C)cc(C)c1C(O)C1CCS(=O)(=O)C1. The highest BCUT2D eigenvalue weighted by Crippen LogP contribution is 2.38. The van der Waals surface area contributed by atoms with Gasteiger partial charge in [0, 0.05) is 11.5 Å². The van der Waals surface area contributed by atoms with Crippen LogP contribution in [0, 0.1) is 19.8 Å². The van der Waals surface area contributed by atoms with Crippen LogP contribution in [0.3, 0.4) is 0 Å². The van der Waals surface area contributed by atoms with Crippen molar-refractivity contribution < 1.29 is 18.3 Å². The number of sulfone groups is 1. The number of aliphatic hydroxyl groups excluding tert-OH is 1. The molecule has 0 saturated carbocycles. The minimum atomic E-state index is -2.99. The van der Waals surface area contributed by atoms with Gasteiger partial charge < -0.3 is 9.84 Å². The van der Waals surface area contributed by atoms with Crippen LogP contribution in [-0.4, -0.2) is 32.1 Å². The van der Waals surface area contributed by atoms with Crippen molar-refractivity contribution in [3.05, 3.63) is 28.8 Å². The predicted octanol–water partition coefficient (Wildman–Crippen LogP) is 1.78. The second-order valence-electron chi connectivity index (χ2n) is 5.31. The van der Waals surface area contributed by atoms with E-state index in [9.17, 15) is 13.5 Å². The molecule has 1 heterocycles. The Balaban J connectivity index is 2.36. The normalized spacial score (nSPS) is 23.3. The lowest BCUT2D eigenvalue weighted by atomic mass is 9.91. The molecular weight excluding hydrogens is 264 g/mol. The monoisotopic (exact) mass is 284 g/mol. The molecule has 1 saturated heterocycles. The van der Waals surface area contributed by atoms with Gasteiger partial charge in [-0.3, -0.25) is 0 Å². The summed E-state index contributed by atoms with van der Waals surface area (Å²) in [7, 11) is -1.42. The minimum Gasteiger partial charge on any atom is -0.496 e. The van der Waals surface area contributed by atoms with E-state index in [1.807, 2.05) is 26.0 Å². The summed E-state index contributed by atoms with van der Waals surface area (Å²) in [5.41, 5.74) is 2.72. The Morgan fingerprint density at radius 2 is 2.05 bits per heavy atom. The molecule has 0 radical (unpaired) electrons. The zero-order valence-corrected chi connectivity index (χ0v) is 12.3. The lowest BCUT2D eigenvalue weighted by Crippen LogP contribution is -2.16. The maximum atomic E-state index is 11.5. The van der Waals surface area contributed by atoms with E-state index < -0.39 is 15.9 Å². The van der Waals surface area contributed by atoms with Gasteiger partial charge in [0.15, 0.2) is 9.84 Å². The largest absolute Gasteiger partial charge is 0.496 e. The van der Waals surface area contributed by atoms with Crippen LogP contribution >= 0.6 is 0 Å². The molecule has 1 aromatic rings. The van der Waals surface area contributed by atoms with Crippen LogP contribution < -0.4 is 4.74 Å². The number of aliphatic hydroxyl groups is 1. The Morgan fingerprint density at radius 3 is 2.58 bits per heavy atom. The van der Waals surface area contributed by atoms with Gasteiger partial charge in [-0.2, -0.15) is 0 Å². The van der Waals surface area contributed by atoms with Crippen LogP contribution in [0.25, 0.3) is 0 Å². The summed E-state index contributed by atoms with van der Waals surface area (Å²) in [5.74, 6) is 0.627. The Kier molecular flexibility index (Phi) is 3.87. The van der Waals surface area contributed by atoms with Crippen molar-refractivity contribution in [1.29, 1.82) is 0 Å². The standard InChI is InChI=1S/C14H20O4S/c1-9-6-10(2)13(12(7-9)18-3)14(15)11-4-5-19(16,17)8-11/h6-7,11,14-15H,4-5,8H2,1-3H3. The quantitative estimate of drug-likeness (QED) is 0.919. The van der Waals surface area contributed by atoms with Crippen LogP contribution in [-0.2, 0) is 9.84 Å². The Morgan fingerprint density at radius 1 is 1.37 bits per heavy atom. The second kappa shape index (κ2) is 5.13. The molecule has 2 atom stereocenters. The zero-order chi connectivity index (χ0) is 14.2. The first-order valence-corrected chi connectivity index (χ1v) is 8.20. The van der Waals surface area contributed by atoms with Gasteiger partial charge in [0.05, 0.1) is 24.7 Å². The summed E-state index contributed by atoms with van der Waals surface area (Å²) in [4.78, 5) is 0. The van der Waals surface area contributed by atoms with E-state index in [1.54, 1.807) is 7.11 Å². The van der Waals surface area contributed by atoms with Crippen molar-refractivity contribution in [3.63, 3.8) is 0 Å². The van der Waals surface area contributed by atoms with E-state index >= 15 is 0 Å². The summed E-state index contributed by atoms with van der Waals surface area (Å²) >= 11 is 0. The van der Waals surface area contributed by atoms with Gasteiger partial charge in [-0.15, -0.1) is 0 Å². The van der Waals surface area contributed by atoms with Gasteiger partial charge in [-0.05, 0) is 37.5 Å². The van der Waals surface area contributed by atoms with Crippen molar-refractivity contribution in [3.8, 4) is 5.75 Å². The number of methoxy groups -OCH3 is 1. The van der Waals surface area contributed by atoms with Crippen LogP contribution in [0.2, 0.25) is 0 Å². The number of hydrogen-bond donors (Lipinski definition) is 1. The molecule has 1 fully saturated rings. The van der Waals surface area contributed by atoms with Gasteiger partial charge in [0.25, 0.3) is 0 Å². The second-order valence-corrected chi connectivity index (χ2v) is 7.53. The average Bonchev–Trinajstić information content (AvgIpc) is 2.68. The third kappa shape index (κ3) is 2.92. The molecule has 2 rings (SSSR count). The molecule has 0 amide bonds. The number of hydrogen-bond acceptors (Lipinski definition) is 4. The highest BCUT2D eigenvalue weighted by atomic mass is 32.2. The fourth-order valence-corrected chi connectivity index (χ4v) is 4.63. The maximum Gasteiger partial charge on any atom is 0.150 e. The number of rotatable bonds is 3. The molecule has 19 heavy (non-hydrogen) atoms. The third-order valence-electron chi connectivity index (χ3n) is 3.72. The summed E-state index contributed by atoms with van der Waals surface area (Å²) in [6, 6.07) is 3.85. The fourth-order valence-electron chi connectivity index (χ4n) is 2.80. The van der Waals surface area contributed by atoms with Crippen molar-refractivity contribution in [2.75, 3.05) is 18.6 Å². The third-order valence-corrected chi connectivity index (χ3v) is 5.52. The number of aryl methyl sites for hydroxylation is 2. The molecular formula is C14H20O4S. The molecule has 0 aliphatic carbocycles. The molecule has 5 heteroatoms. The molecule has 1 N–H and O–H groups in total. The molecule has 0 spiro atoms. The van der Waals surface area contributed by atoms with Crippen molar-refractivity contribution in [2.45, 2.75) is 26.4 Å². The van der Waals surface area contributed by atoms with Crippen LogP contribution in [0.15, 0.2) is 12.1 Å². The van der Waals surface area contributed by atoms with E-state index in [1.165, 1.54) is 0 Å². The Bertz CT molecular complexity index is 577. The maximum absolute atomic E-state index is 11.5. The summed E-state index contributed by atoms with van der Waals surface area (Å²) in [6.07, 6.45) is -0.271. The molecule has 0 aromatic heterocycles. The molecule has 0 bridgehead atoms. The predicted molar refractivity (Wildman–Crippen MR) is 74.2 cm³/mol. The smallest absolute Gasteiger partial charge is 0.150 e.